The fourth-order valence-electron chi connectivity index (χ4n) is 5.14. The lowest BCUT2D eigenvalue weighted by atomic mass is 9.79. The number of carboxylic acids is 1. The lowest BCUT2D eigenvalue weighted by Crippen LogP contribution is -2.42. The number of hydrogen-bond donors (Lipinski definition) is 1. The van der Waals surface area contributed by atoms with Gasteiger partial charge >= 0.3 is 5.97 Å². The van der Waals surface area contributed by atoms with Crippen LogP contribution in [-0.2, 0) is 15.0 Å². The molecule has 4 nitrogen and oxygen atoms in total. The summed E-state index contributed by atoms with van der Waals surface area (Å²) in [6.07, 6.45) is 2.72. The topological polar surface area (TPSA) is 57.6 Å². The third kappa shape index (κ3) is 2.74. The molecule has 1 atom stereocenters. The van der Waals surface area contributed by atoms with Gasteiger partial charge in [-0.1, -0.05) is 55.5 Å². The molecule has 2 fully saturated rings. The molecule has 1 aliphatic heterocycles. The Morgan fingerprint density at radius 1 is 1.04 bits per heavy atom. The van der Waals surface area contributed by atoms with Gasteiger partial charge in [0.2, 0.25) is 5.91 Å². The van der Waals surface area contributed by atoms with Crippen molar-refractivity contribution in [1.29, 1.82) is 0 Å². The molecule has 2 aliphatic rings. The number of nitrogens with zero attached hydrogens (tertiary/aromatic N) is 1. The number of aryl methyl sites for hydroxylation is 1. The maximum absolute atomic E-state index is 12.4. The lowest BCUT2D eigenvalue weighted by Gasteiger charge is -2.34. The normalized spacial score (nSPS) is 22.9. The van der Waals surface area contributed by atoms with E-state index < -0.39 is 11.4 Å². The van der Waals surface area contributed by atoms with Crippen molar-refractivity contribution in [3.05, 3.63) is 59.7 Å². The van der Waals surface area contributed by atoms with E-state index in [1.54, 1.807) is 0 Å². The molecule has 1 amide bonds. The van der Waals surface area contributed by atoms with Crippen molar-refractivity contribution in [2.45, 2.75) is 44.9 Å². The summed E-state index contributed by atoms with van der Waals surface area (Å²) in [5.41, 5.74) is 3.37. The molecule has 2 aromatic carbocycles. The molecule has 0 bridgehead atoms. The zero-order chi connectivity index (χ0) is 19.9. The molecule has 1 saturated heterocycles. The Bertz CT molecular complexity index is 910. The number of carbonyl (C=O) groups excluding carboxylic acids is 1. The average Bonchev–Trinajstić information content (AvgIpc) is 3.37. The number of hydrogen-bond acceptors (Lipinski definition) is 2. The zero-order valence-corrected chi connectivity index (χ0v) is 16.6. The Hall–Kier alpha value is -2.62. The van der Waals surface area contributed by atoms with Crippen LogP contribution in [0.3, 0.4) is 0 Å². The molecule has 28 heavy (non-hydrogen) atoms. The van der Waals surface area contributed by atoms with Gasteiger partial charge in [-0.2, -0.15) is 0 Å². The van der Waals surface area contributed by atoms with Gasteiger partial charge in [-0.3, -0.25) is 9.59 Å². The summed E-state index contributed by atoms with van der Waals surface area (Å²) in [5.74, 6) is -0.564. The summed E-state index contributed by atoms with van der Waals surface area (Å²) < 4.78 is 0. The third-order valence-corrected chi connectivity index (χ3v) is 6.96. The Kier molecular flexibility index (Phi) is 4.53. The fourth-order valence-corrected chi connectivity index (χ4v) is 5.14. The van der Waals surface area contributed by atoms with Gasteiger partial charge in [-0.25, -0.2) is 0 Å². The Morgan fingerprint density at radius 3 is 2.25 bits per heavy atom. The second-order valence-corrected chi connectivity index (χ2v) is 8.29. The van der Waals surface area contributed by atoms with Crippen LogP contribution in [0.25, 0.3) is 11.1 Å². The minimum atomic E-state index is -0.807. The van der Waals surface area contributed by atoms with Crippen molar-refractivity contribution in [3.8, 4) is 11.1 Å². The molecule has 1 saturated carbocycles. The Balaban J connectivity index is 1.60. The zero-order valence-electron chi connectivity index (χ0n) is 16.6. The van der Waals surface area contributed by atoms with E-state index in [1.165, 1.54) is 11.1 Å². The minimum Gasteiger partial charge on any atom is -0.481 e. The van der Waals surface area contributed by atoms with Crippen LogP contribution < -0.4 is 0 Å². The highest BCUT2D eigenvalue weighted by Crippen LogP contribution is 2.69. The van der Waals surface area contributed by atoms with E-state index in [0.717, 1.165) is 24.0 Å². The van der Waals surface area contributed by atoms with Gasteiger partial charge in [0, 0.05) is 19.5 Å². The van der Waals surface area contributed by atoms with Crippen molar-refractivity contribution >= 4 is 11.9 Å². The monoisotopic (exact) mass is 377 g/mol. The summed E-state index contributed by atoms with van der Waals surface area (Å²) in [6, 6.07) is 16.3. The third-order valence-electron chi connectivity index (χ3n) is 6.96. The molecular weight excluding hydrogens is 350 g/mol. The number of amides is 1. The summed E-state index contributed by atoms with van der Waals surface area (Å²) in [6.45, 7) is 5.30. The van der Waals surface area contributed by atoms with Gasteiger partial charge in [-0.05, 0) is 53.9 Å². The van der Waals surface area contributed by atoms with Crippen LogP contribution in [0.2, 0.25) is 0 Å². The first-order valence-electron chi connectivity index (χ1n) is 10.1. The maximum atomic E-state index is 12.4. The smallest absolute Gasteiger partial charge is 0.314 e. The van der Waals surface area contributed by atoms with Crippen LogP contribution in [-0.4, -0.2) is 35.0 Å². The SMILES string of the molecule is CCC(=O)N1CCC2(CC1)C[C@@]2(C(=O)O)c1ccc(-c2ccccc2C)cc1. The van der Waals surface area contributed by atoms with Gasteiger partial charge < -0.3 is 10.0 Å². The van der Waals surface area contributed by atoms with Gasteiger partial charge in [0.15, 0.2) is 0 Å². The fraction of sp³-hybridized carbons (Fsp3) is 0.417. The number of aliphatic carboxylic acids is 1. The van der Waals surface area contributed by atoms with E-state index in [1.807, 2.05) is 48.2 Å². The van der Waals surface area contributed by atoms with E-state index >= 15 is 0 Å². The number of likely N-dealkylation sites (tertiary alicyclic amines) is 1. The first-order valence-corrected chi connectivity index (χ1v) is 10.1. The molecule has 2 aromatic rings. The van der Waals surface area contributed by atoms with E-state index in [-0.39, 0.29) is 11.3 Å². The largest absolute Gasteiger partial charge is 0.481 e. The molecule has 1 spiro atoms. The van der Waals surface area contributed by atoms with Crippen molar-refractivity contribution in [1.82, 2.24) is 4.90 Å². The highest BCUT2D eigenvalue weighted by Gasteiger charge is 2.72. The second kappa shape index (κ2) is 6.77. The molecule has 0 radical (unpaired) electrons. The second-order valence-electron chi connectivity index (χ2n) is 8.29. The van der Waals surface area contributed by atoms with Gasteiger partial charge in [0.1, 0.15) is 0 Å². The summed E-state index contributed by atoms with van der Waals surface area (Å²) in [4.78, 5) is 26.2. The number of piperidine rings is 1. The van der Waals surface area contributed by atoms with E-state index in [9.17, 15) is 14.7 Å². The highest BCUT2D eigenvalue weighted by molar-refractivity contribution is 5.88. The van der Waals surface area contributed by atoms with Gasteiger partial charge in [0.05, 0.1) is 5.41 Å². The van der Waals surface area contributed by atoms with Crippen LogP contribution in [0.15, 0.2) is 48.5 Å². The summed E-state index contributed by atoms with van der Waals surface area (Å²) >= 11 is 0. The molecule has 1 aliphatic carbocycles. The number of carbonyl (C=O) groups is 2. The molecule has 1 heterocycles. The van der Waals surface area contributed by atoms with Crippen molar-refractivity contribution in [2.75, 3.05) is 13.1 Å². The molecule has 4 rings (SSSR count). The minimum absolute atomic E-state index is 0.166. The quantitative estimate of drug-likeness (QED) is 0.859. The van der Waals surface area contributed by atoms with E-state index in [4.69, 9.17) is 0 Å². The predicted octanol–water partition coefficient (Wildman–Crippen LogP) is 4.41. The van der Waals surface area contributed by atoms with Gasteiger partial charge in [-0.15, -0.1) is 0 Å². The predicted molar refractivity (Wildman–Crippen MR) is 109 cm³/mol. The molecule has 146 valence electrons. The Morgan fingerprint density at radius 2 is 1.68 bits per heavy atom. The van der Waals surface area contributed by atoms with Crippen LogP contribution in [0.1, 0.15) is 43.7 Å². The first-order chi connectivity index (χ1) is 13.4. The van der Waals surface area contributed by atoms with Crippen molar-refractivity contribution in [2.24, 2.45) is 5.41 Å². The number of benzene rings is 2. The van der Waals surface area contributed by atoms with Crippen LogP contribution >= 0.6 is 0 Å². The number of rotatable bonds is 4. The van der Waals surface area contributed by atoms with E-state index in [2.05, 4.69) is 19.1 Å². The Labute approximate surface area is 166 Å². The van der Waals surface area contributed by atoms with E-state index in [0.29, 0.717) is 25.9 Å². The molecule has 1 N–H and O–H groups in total. The average molecular weight is 377 g/mol. The van der Waals surface area contributed by atoms with Crippen LogP contribution in [0, 0.1) is 12.3 Å². The highest BCUT2D eigenvalue weighted by atomic mass is 16.4. The number of carboxylic acid groups (broad SMARTS) is 1. The summed E-state index contributed by atoms with van der Waals surface area (Å²) in [5, 5.41) is 10.1. The van der Waals surface area contributed by atoms with Crippen LogP contribution in [0.4, 0.5) is 0 Å². The van der Waals surface area contributed by atoms with Crippen LogP contribution in [0.5, 0.6) is 0 Å². The van der Waals surface area contributed by atoms with Crippen molar-refractivity contribution in [3.63, 3.8) is 0 Å². The standard InChI is InChI=1S/C24H27NO3/c1-3-21(26)25-14-12-23(13-15-25)16-24(23,22(27)28)19-10-8-18(9-11-19)20-7-5-4-6-17(20)2/h4-11H,3,12-16H2,1-2H3,(H,27,28)/t24-/m0/s1. The maximum Gasteiger partial charge on any atom is 0.314 e. The first kappa shape index (κ1) is 18.7. The lowest BCUT2D eigenvalue weighted by molar-refractivity contribution is -0.141. The molecule has 0 aromatic heterocycles. The van der Waals surface area contributed by atoms with Gasteiger partial charge in [0.25, 0.3) is 0 Å². The molecular formula is C24H27NO3. The molecule has 0 unspecified atom stereocenters. The molecule has 4 heteroatoms. The van der Waals surface area contributed by atoms with Crippen molar-refractivity contribution < 1.29 is 14.7 Å². The summed E-state index contributed by atoms with van der Waals surface area (Å²) in [7, 11) is 0.